The average molecular weight is 263 g/mol. The highest BCUT2D eigenvalue weighted by molar-refractivity contribution is 5.94. The zero-order valence-corrected chi connectivity index (χ0v) is 10.5. The molecular formula is C12H17N5O2. The van der Waals surface area contributed by atoms with Gasteiger partial charge >= 0.3 is 0 Å². The number of hydrogen-bond acceptors (Lipinski definition) is 6. The molecule has 102 valence electrons. The third-order valence-electron chi connectivity index (χ3n) is 4.15. The summed E-state index contributed by atoms with van der Waals surface area (Å²) in [4.78, 5) is 10.6. The minimum atomic E-state index is -0.181. The van der Waals surface area contributed by atoms with Crippen molar-refractivity contribution in [1.82, 2.24) is 9.97 Å². The van der Waals surface area contributed by atoms with Crippen molar-refractivity contribution >= 4 is 11.7 Å². The Morgan fingerprint density at radius 1 is 1.32 bits per heavy atom. The van der Waals surface area contributed by atoms with E-state index in [-0.39, 0.29) is 11.9 Å². The Morgan fingerprint density at radius 3 is 2.79 bits per heavy atom. The van der Waals surface area contributed by atoms with Crippen molar-refractivity contribution in [2.24, 2.45) is 22.7 Å². The highest BCUT2D eigenvalue weighted by Crippen LogP contribution is 2.39. The third-order valence-corrected chi connectivity index (χ3v) is 4.15. The zero-order chi connectivity index (χ0) is 13.4. The van der Waals surface area contributed by atoms with Gasteiger partial charge in [-0.05, 0) is 18.8 Å². The molecule has 2 fully saturated rings. The minimum absolute atomic E-state index is 0.0484. The van der Waals surface area contributed by atoms with Gasteiger partial charge in [-0.15, -0.1) is 0 Å². The number of rotatable bonds is 2. The molecule has 3 rings (SSSR count). The summed E-state index contributed by atoms with van der Waals surface area (Å²) in [5.74, 6) is 1.63. The lowest BCUT2D eigenvalue weighted by atomic mass is 10.00. The molecular weight excluding hydrogens is 246 g/mol. The molecule has 1 aromatic rings. The van der Waals surface area contributed by atoms with Gasteiger partial charge in [0.15, 0.2) is 5.84 Å². The molecule has 19 heavy (non-hydrogen) atoms. The summed E-state index contributed by atoms with van der Waals surface area (Å²) in [5.41, 5.74) is 5.79. The van der Waals surface area contributed by atoms with E-state index >= 15 is 0 Å². The van der Waals surface area contributed by atoms with Gasteiger partial charge in [0.25, 0.3) is 0 Å². The molecule has 4 N–H and O–H groups in total. The number of aromatic nitrogens is 2. The van der Waals surface area contributed by atoms with Crippen LogP contribution in [-0.4, -0.2) is 45.3 Å². The van der Waals surface area contributed by atoms with Crippen LogP contribution in [0.15, 0.2) is 17.5 Å². The molecule has 2 heterocycles. The first-order chi connectivity index (χ1) is 9.19. The van der Waals surface area contributed by atoms with Gasteiger partial charge in [0.1, 0.15) is 11.5 Å². The standard InChI is InChI=1S/C12H17N5O2/c13-12(16-19)9-3-15-11(4-14-9)17-5-7-1-2-10(18)8(7)6-17/h3-4,7-8,10,18-19H,1-2,5-6H2,(H2,13,16). The first-order valence-corrected chi connectivity index (χ1v) is 6.42. The maximum Gasteiger partial charge on any atom is 0.190 e. The monoisotopic (exact) mass is 263 g/mol. The van der Waals surface area contributed by atoms with Gasteiger partial charge < -0.3 is 20.9 Å². The van der Waals surface area contributed by atoms with Crippen LogP contribution in [0.3, 0.4) is 0 Å². The van der Waals surface area contributed by atoms with Crippen LogP contribution in [0.25, 0.3) is 0 Å². The summed E-state index contributed by atoms with van der Waals surface area (Å²) in [5, 5.41) is 21.3. The Morgan fingerprint density at radius 2 is 2.16 bits per heavy atom. The number of nitrogens with two attached hydrogens (primary N) is 1. The average Bonchev–Trinajstić information content (AvgIpc) is 3.01. The molecule has 1 aliphatic carbocycles. The molecule has 0 spiro atoms. The van der Waals surface area contributed by atoms with Crippen molar-refractivity contribution in [2.75, 3.05) is 18.0 Å². The van der Waals surface area contributed by atoms with Crippen molar-refractivity contribution in [3.05, 3.63) is 18.1 Å². The van der Waals surface area contributed by atoms with Gasteiger partial charge in [0, 0.05) is 19.0 Å². The first kappa shape index (κ1) is 12.2. The summed E-state index contributed by atoms with van der Waals surface area (Å²) in [7, 11) is 0. The van der Waals surface area contributed by atoms with Crippen LogP contribution >= 0.6 is 0 Å². The predicted molar refractivity (Wildman–Crippen MR) is 69.0 cm³/mol. The SMILES string of the molecule is NC(=NO)c1cnc(N2CC3CCC(O)C3C2)cn1. The van der Waals surface area contributed by atoms with Gasteiger partial charge in [0.2, 0.25) is 0 Å². The summed E-state index contributed by atoms with van der Waals surface area (Å²) in [6.07, 6.45) is 4.93. The van der Waals surface area contributed by atoms with E-state index in [1.54, 1.807) is 6.20 Å². The summed E-state index contributed by atoms with van der Waals surface area (Å²) >= 11 is 0. The second kappa shape index (κ2) is 4.65. The molecule has 1 aromatic heterocycles. The predicted octanol–water partition coefficient (Wildman–Crippen LogP) is -0.222. The normalized spacial score (nSPS) is 30.7. The van der Waals surface area contributed by atoms with Crippen molar-refractivity contribution in [2.45, 2.75) is 18.9 Å². The van der Waals surface area contributed by atoms with Crippen molar-refractivity contribution < 1.29 is 10.3 Å². The highest BCUT2D eigenvalue weighted by atomic mass is 16.4. The topological polar surface area (TPSA) is 108 Å². The molecule has 3 unspecified atom stereocenters. The molecule has 3 atom stereocenters. The molecule has 0 bridgehead atoms. The number of anilines is 1. The Balaban J connectivity index is 1.74. The van der Waals surface area contributed by atoms with Gasteiger partial charge in [-0.2, -0.15) is 0 Å². The number of aliphatic hydroxyl groups excluding tert-OH is 1. The Kier molecular flexibility index (Phi) is 2.98. The number of fused-ring (bicyclic) bond motifs is 1. The van der Waals surface area contributed by atoms with Crippen molar-refractivity contribution in [1.29, 1.82) is 0 Å². The van der Waals surface area contributed by atoms with Crippen LogP contribution in [0.5, 0.6) is 0 Å². The van der Waals surface area contributed by atoms with Crippen LogP contribution in [0.4, 0.5) is 5.82 Å². The second-order valence-electron chi connectivity index (χ2n) is 5.22. The maximum absolute atomic E-state index is 9.89. The minimum Gasteiger partial charge on any atom is -0.409 e. The molecule has 2 aliphatic rings. The van der Waals surface area contributed by atoms with Gasteiger partial charge in [-0.3, -0.25) is 0 Å². The molecule has 0 amide bonds. The van der Waals surface area contributed by atoms with Crippen LogP contribution in [0.1, 0.15) is 18.5 Å². The molecule has 1 saturated heterocycles. The molecule has 1 aliphatic heterocycles. The molecule has 1 saturated carbocycles. The van der Waals surface area contributed by atoms with Crippen LogP contribution in [0.2, 0.25) is 0 Å². The van der Waals surface area contributed by atoms with Crippen molar-refractivity contribution in [3.63, 3.8) is 0 Å². The number of oxime groups is 1. The zero-order valence-electron chi connectivity index (χ0n) is 10.5. The van der Waals surface area contributed by atoms with E-state index in [2.05, 4.69) is 20.0 Å². The second-order valence-corrected chi connectivity index (χ2v) is 5.22. The van der Waals surface area contributed by atoms with E-state index in [0.29, 0.717) is 17.5 Å². The summed E-state index contributed by atoms with van der Waals surface area (Å²) in [6.45, 7) is 1.74. The summed E-state index contributed by atoms with van der Waals surface area (Å²) < 4.78 is 0. The van der Waals surface area contributed by atoms with E-state index in [9.17, 15) is 5.11 Å². The number of amidine groups is 1. The Hall–Kier alpha value is -1.89. The maximum atomic E-state index is 9.89. The van der Waals surface area contributed by atoms with E-state index in [1.165, 1.54) is 6.20 Å². The van der Waals surface area contributed by atoms with Crippen molar-refractivity contribution in [3.8, 4) is 0 Å². The van der Waals surface area contributed by atoms with E-state index < -0.39 is 0 Å². The van der Waals surface area contributed by atoms with Gasteiger partial charge in [-0.25, -0.2) is 9.97 Å². The molecule has 7 nitrogen and oxygen atoms in total. The smallest absolute Gasteiger partial charge is 0.190 e. The number of hydrogen-bond donors (Lipinski definition) is 3. The van der Waals surface area contributed by atoms with Crippen LogP contribution in [-0.2, 0) is 0 Å². The Labute approximate surface area is 110 Å². The fourth-order valence-electron chi connectivity index (χ4n) is 3.09. The van der Waals surface area contributed by atoms with Crippen LogP contribution in [0, 0.1) is 11.8 Å². The number of aliphatic hydroxyl groups is 1. The lowest BCUT2D eigenvalue weighted by molar-refractivity contribution is 0.133. The van der Waals surface area contributed by atoms with E-state index in [0.717, 1.165) is 31.7 Å². The number of nitrogens with zero attached hydrogens (tertiary/aromatic N) is 4. The fraction of sp³-hybridized carbons (Fsp3) is 0.583. The fourth-order valence-corrected chi connectivity index (χ4v) is 3.09. The lowest BCUT2D eigenvalue weighted by Crippen LogP contribution is -2.25. The first-order valence-electron chi connectivity index (χ1n) is 6.42. The summed E-state index contributed by atoms with van der Waals surface area (Å²) in [6, 6.07) is 0. The van der Waals surface area contributed by atoms with Crippen LogP contribution < -0.4 is 10.6 Å². The van der Waals surface area contributed by atoms with E-state index in [1.807, 2.05) is 0 Å². The van der Waals surface area contributed by atoms with E-state index in [4.69, 9.17) is 10.9 Å². The lowest BCUT2D eigenvalue weighted by Gasteiger charge is -2.18. The molecule has 7 heteroatoms. The van der Waals surface area contributed by atoms with Gasteiger partial charge in [-0.1, -0.05) is 5.16 Å². The Bertz CT molecular complexity index is 489. The van der Waals surface area contributed by atoms with Gasteiger partial charge in [0.05, 0.1) is 18.5 Å². The largest absolute Gasteiger partial charge is 0.409 e. The quantitative estimate of drug-likeness (QED) is 0.294. The molecule has 0 radical (unpaired) electrons. The third kappa shape index (κ3) is 2.10. The highest BCUT2D eigenvalue weighted by Gasteiger charge is 2.42. The molecule has 0 aromatic carbocycles.